The Morgan fingerprint density at radius 3 is 1.78 bits per heavy atom. The number of rotatable bonds is 17. The van der Waals surface area contributed by atoms with Crippen molar-refractivity contribution in [1.82, 2.24) is 0 Å². The van der Waals surface area contributed by atoms with Gasteiger partial charge in [0, 0.05) is 6.42 Å². The van der Waals surface area contributed by atoms with Gasteiger partial charge in [0.1, 0.15) is 0 Å². The maximum Gasteiger partial charge on any atom is 0.305 e. The molecule has 138 valence electrons. The number of unbranched alkanes of at least 4 members (excludes halogenated alkanes) is 11. The number of carbonyl (C=O) groups is 1. The van der Waals surface area contributed by atoms with Gasteiger partial charge in [-0.1, -0.05) is 97.8 Å². The summed E-state index contributed by atoms with van der Waals surface area (Å²) in [5, 5.41) is 0. The van der Waals surface area contributed by atoms with E-state index in [-0.39, 0.29) is 5.97 Å². The quantitative estimate of drug-likeness (QED) is 0.211. The molecule has 0 saturated heterocycles. The zero-order valence-electron chi connectivity index (χ0n) is 16.2. The Kier molecular flexibility index (Phi) is 17.4. The molecule has 0 aliphatic heterocycles. The van der Waals surface area contributed by atoms with Crippen molar-refractivity contribution < 1.29 is 9.53 Å². The monoisotopic (exact) mass is 326 g/mol. The summed E-state index contributed by atoms with van der Waals surface area (Å²) in [7, 11) is 0. The maximum atomic E-state index is 11.4. The molecule has 0 unspecified atom stereocenters. The first kappa shape index (κ1) is 22.5. The van der Waals surface area contributed by atoms with Crippen LogP contribution in [0.15, 0.2) is 0 Å². The Morgan fingerprint density at radius 2 is 1.26 bits per heavy atom. The third kappa shape index (κ3) is 19.4. The van der Waals surface area contributed by atoms with Gasteiger partial charge in [0.05, 0.1) is 6.61 Å². The van der Waals surface area contributed by atoms with Crippen LogP contribution in [0.1, 0.15) is 117 Å². The van der Waals surface area contributed by atoms with Gasteiger partial charge >= 0.3 is 5.97 Å². The summed E-state index contributed by atoms with van der Waals surface area (Å²) in [4.78, 5) is 11.4. The van der Waals surface area contributed by atoms with Crippen LogP contribution in [-0.4, -0.2) is 12.6 Å². The molecule has 0 aromatic heterocycles. The highest BCUT2D eigenvalue weighted by Crippen LogP contribution is 2.13. The summed E-state index contributed by atoms with van der Waals surface area (Å²) in [6.45, 7) is 7.40. The summed E-state index contributed by atoms with van der Waals surface area (Å²) in [6, 6.07) is 0. The normalized spacial score (nSPS) is 11.1. The molecule has 0 amide bonds. The molecular formula is C21H42O2. The number of ether oxygens (including phenoxy) is 1. The molecule has 0 bridgehead atoms. The second kappa shape index (κ2) is 17.8. The molecule has 0 saturated carbocycles. The Hall–Kier alpha value is -0.530. The van der Waals surface area contributed by atoms with E-state index in [0.717, 1.165) is 31.6 Å². The van der Waals surface area contributed by atoms with Gasteiger partial charge in [-0.05, 0) is 18.8 Å². The van der Waals surface area contributed by atoms with E-state index in [0.29, 0.717) is 13.0 Å². The largest absolute Gasteiger partial charge is 0.466 e. The molecule has 0 atom stereocenters. The molecule has 0 aliphatic carbocycles. The zero-order valence-corrected chi connectivity index (χ0v) is 16.2. The fourth-order valence-electron chi connectivity index (χ4n) is 2.85. The summed E-state index contributed by atoms with van der Waals surface area (Å²) in [5.41, 5.74) is 0. The molecule has 2 nitrogen and oxygen atoms in total. The van der Waals surface area contributed by atoms with Gasteiger partial charge in [-0.25, -0.2) is 0 Å². The second-order valence-corrected chi connectivity index (χ2v) is 7.40. The SMILES string of the molecule is CCCCCC(=O)OCCCCCCCCCCCCC(C)C. The zero-order chi connectivity index (χ0) is 17.2. The van der Waals surface area contributed by atoms with E-state index in [9.17, 15) is 4.79 Å². The average Bonchev–Trinajstić information content (AvgIpc) is 2.51. The summed E-state index contributed by atoms with van der Waals surface area (Å²) < 4.78 is 5.25. The van der Waals surface area contributed by atoms with E-state index in [1.165, 1.54) is 64.2 Å². The van der Waals surface area contributed by atoms with Gasteiger partial charge in [0.15, 0.2) is 0 Å². The lowest BCUT2D eigenvalue weighted by Crippen LogP contribution is -2.05. The third-order valence-corrected chi connectivity index (χ3v) is 4.42. The highest BCUT2D eigenvalue weighted by molar-refractivity contribution is 5.69. The van der Waals surface area contributed by atoms with Crippen molar-refractivity contribution in [2.75, 3.05) is 6.61 Å². The molecule has 0 aromatic carbocycles. The van der Waals surface area contributed by atoms with Crippen LogP contribution in [0.5, 0.6) is 0 Å². The van der Waals surface area contributed by atoms with Gasteiger partial charge in [0.2, 0.25) is 0 Å². The predicted molar refractivity (Wildman–Crippen MR) is 101 cm³/mol. The molecule has 0 N–H and O–H groups in total. The van der Waals surface area contributed by atoms with Gasteiger partial charge < -0.3 is 4.74 Å². The molecule has 2 heteroatoms. The van der Waals surface area contributed by atoms with Gasteiger partial charge in [-0.2, -0.15) is 0 Å². The first-order valence-electron chi connectivity index (χ1n) is 10.3. The molecular weight excluding hydrogens is 284 g/mol. The molecule has 0 radical (unpaired) electrons. The van der Waals surface area contributed by atoms with Crippen LogP contribution in [0, 0.1) is 5.92 Å². The van der Waals surface area contributed by atoms with Crippen LogP contribution in [0.3, 0.4) is 0 Å². The molecule has 23 heavy (non-hydrogen) atoms. The van der Waals surface area contributed by atoms with Gasteiger partial charge in [-0.15, -0.1) is 0 Å². The standard InChI is InChI=1S/C21H42O2/c1-4-5-14-18-21(22)23-19-16-13-11-9-7-6-8-10-12-15-17-20(2)3/h20H,4-19H2,1-3H3. The van der Waals surface area contributed by atoms with Crippen LogP contribution in [0.4, 0.5) is 0 Å². The minimum absolute atomic E-state index is 0.00378. The van der Waals surface area contributed by atoms with Crippen molar-refractivity contribution >= 4 is 5.97 Å². The molecule has 0 rings (SSSR count). The number of hydrogen-bond acceptors (Lipinski definition) is 2. The highest BCUT2D eigenvalue weighted by Gasteiger charge is 2.01. The lowest BCUT2D eigenvalue weighted by molar-refractivity contribution is -0.143. The number of hydrogen-bond donors (Lipinski definition) is 0. The Balaban J connectivity index is 3.09. The van der Waals surface area contributed by atoms with Crippen molar-refractivity contribution in [2.45, 2.75) is 117 Å². The van der Waals surface area contributed by atoms with Crippen molar-refractivity contribution in [3.8, 4) is 0 Å². The van der Waals surface area contributed by atoms with E-state index in [1.807, 2.05) is 0 Å². The smallest absolute Gasteiger partial charge is 0.305 e. The van der Waals surface area contributed by atoms with E-state index in [4.69, 9.17) is 4.74 Å². The average molecular weight is 327 g/mol. The molecule has 0 heterocycles. The maximum absolute atomic E-state index is 11.4. The van der Waals surface area contributed by atoms with Crippen LogP contribution < -0.4 is 0 Å². The summed E-state index contributed by atoms with van der Waals surface area (Å²) >= 11 is 0. The molecule has 0 aromatic rings. The van der Waals surface area contributed by atoms with Crippen LogP contribution >= 0.6 is 0 Å². The van der Waals surface area contributed by atoms with Gasteiger partial charge in [0.25, 0.3) is 0 Å². The van der Waals surface area contributed by atoms with Crippen LogP contribution in [-0.2, 0) is 9.53 Å². The minimum atomic E-state index is -0.00378. The van der Waals surface area contributed by atoms with E-state index in [1.54, 1.807) is 0 Å². The van der Waals surface area contributed by atoms with E-state index >= 15 is 0 Å². The lowest BCUT2D eigenvalue weighted by atomic mass is 10.0. The number of carbonyl (C=O) groups excluding carboxylic acids is 1. The first-order chi connectivity index (χ1) is 11.2. The summed E-state index contributed by atoms with van der Waals surface area (Å²) in [5.74, 6) is 0.863. The Bertz CT molecular complexity index is 248. The third-order valence-electron chi connectivity index (χ3n) is 4.42. The van der Waals surface area contributed by atoms with Crippen molar-refractivity contribution in [1.29, 1.82) is 0 Å². The molecule has 0 fully saturated rings. The Labute approximate surface area is 145 Å². The van der Waals surface area contributed by atoms with Crippen molar-refractivity contribution in [2.24, 2.45) is 5.92 Å². The van der Waals surface area contributed by atoms with E-state index in [2.05, 4.69) is 20.8 Å². The number of esters is 1. The van der Waals surface area contributed by atoms with E-state index < -0.39 is 0 Å². The highest BCUT2D eigenvalue weighted by atomic mass is 16.5. The fraction of sp³-hybridized carbons (Fsp3) is 0.952. The van der Waals surface area contributed by atoms with Crippen LogP contribution in [0.25, 0.3) is 0 Å². The van der Waals surface area contributed by atoms with Crippen molar-refractivity contribution in [3.63, 3.8) is 0 Å². The molecule has 0 aliphatic rings. The fourth-order valence-corrected chi connectivity index (χ4v) is 2.85. The predicted octanol–water partition coefficient (Wildman–Crippen LogP) is 7.06. The van der Waals surface area contributed by atoms with Crippen LogP contribution in [0.2, 0.25) is 0 Å². The first-order valence-corrected chi connectivity index (χ1v) is 10.3. The minimum Gasteiger partial charge on any atom is -0.466 e. The second-order valence-electron chi connectivity index (χ2n) is 7.40. The topological polar surface area (TPSA) is 26.3 Å². The van der Waals surface area contributed by atoms with Crippen molar-refractivity contribution in [3.05, 3.63) is 0 Å². The summed E-state index contributed by atoms with van der Waals surface area (Å²) in [6.07, 6.45) is 18.6. The molecule has 0 spiro atoms. The lowest BCUT2D eigenvalue weighted by Gasteiger charge is -2.05. The van der Waals surface area contributed by atoms with Gasteiger partial charge in [-0.3, -0.25) is 4.79 Å². The Morgan fingerprint density at radius 1 is 0.739 bits per heavy atom.